The van der Waals surface area contributed by atoms with Crippen molar-refractivity contribution in [3.05, 3.63) is 27.4 Å². The summed E-state index contributed by atoms with van der Waals surface area (Å²) in [5.41, 5.74) is 1.74. The molecule has 0 radical (unpaired) electrons. The van der Waals surface area contributed by atoms with Crippen molar-refractivity contribution in [3.8, 4) is 0 Å². The molecular formula is C13H20N2OS2. The number of H-pyrrole nitrogens is 1. The highest BCUT2D eigenvalue weighted by atomic mass is 32.2. The van der Waals surface area contributed by atoms with Gasteiger partial charge in [0.15, 0.2) is 0 Å². The molecule has 100 valence electrons. The molecular weight excluding hydrogens is 264 g/mol. The summed E-state index contributed by atoms with van der Waals surface area (Å²) < 4.78 is 0. The lowest BCUT2D eigenvalue weighted by Gasteiger charge is -2.27. The van der Waals surface area contributed by atoms with Crippen molar-refractivity contribution in [2.75, 3.05) is 11.5 Å². The van der Waals surface area contributed by atoms with Crippen LogP contribution in [0.15, 0.2) is 4.79 Å². The second-order valence-electron chi connectivity index (χ2n) is 4.97. The van der Waals surface area contributed by atoms with Gasteiger partial charge >= 0.3 is 0 Å². The van der Waals surface area contributed by atoms with E-state index in [4.69, 9.17) is 0 Å². The molecule has 3 nitrogen and oxygen atoms in total. The van der Waals surface area contributed by atoms with E-state index in [1.54, 1.807) is 0 Å². The summed E-state index contributed by atoms with van der Waals surface area (Å²) in [6.07, 6.45) is 0. The Morgan fingerprint density at radius 1 is 1.33 bits per heavy atom. The molecule has 2 atom stereocenters. The van der Waals surface area contributed by atoms with Gasteiger partial charge in [-0.25, -0.2) is 4.98 Å². The molecule has 5 heteroatoms. The molecule has 2 rings (SSSR count). The summed E-state index contributed by atoms with van der Waals surface area (Å²) in [4.78, 5) is 19.8. The Morgan fingerprint density at radius 2 is 2.00 bits per heavy atom. The minimum absolute atomic E-state index is 0.0378. The molecule has 2 unspecified atom stereocenters. The molecule has 0 aliphatic carbocycles. The van der Waals surface area contributed by atoms with Gasteiger partial charge in [-0.2, -0.15) is 11.8 Å². The molecule has 1 saturated heterocycles. The number of nitrogens with zero attached hydrogens (tertiary/aromatic N) is 1. The van der Waals surface area contributed by atoms with Gasteiger partial charge in [0.05, 0.1) is 5.25 Å². The van der Waals surface area contributed by atoms with Gasteiger partial charge in [0.1, 0.15) is 5.82 Å². The normalized spacial score (nSPS) is 24.5. The van der Waals surface area contributed by atoms with Crippen LogP contribution in [-0.4, -0.2) is 26.7 Å². The maximum atomic E-state index is 12.1. The van der Waals surface area contributed by atoms with Crippen LogP contribution in [0.25, 0.3) is 0 Å². The molecule has 1 aromatic rings. The maximum absolute atomic E-state index is 12.1. The molecule has 1 fully saturated rings. The number of rotatable bonds is 2. The standard InChI is InChI=1S/C13H20N2OS2/c1-7(2)10-8(3)14-12(15-13(10)16)11-9(4)17-5-6-18-11/h7,9,11H,5-6H2,1-4H3,(H,14,15,16). The topological polar surface area (TPSA) is 45.8 Å². The van der Waals surface area contributed by atoms with E-state index in [-0.39, 0.29) is 11.5 Å². The van der Waals surface area contributed by atoms with E-state index in [1.165, 1.54) is 5.75 Å². The second kappa shape index (κ2) is 5.70. The summed E-state index contributed by atoms with van der Waals surface area (Å²) in [5.74, 6) is 3.40. The number of hydrogen-bond acceptors (Lipinski definition) is 4. The molecule has 1 aliphatic heterocycles. The van der Waals surface area contributed by atoms with E-state index in [0.29, 0.717) is 10.5 Å². The first kappa shape index (κ1) is 14.0. The quantitative estimate of drug-likeness (QED) is 0.906. The zero-order chi connectivity index (χ0) is 13.3. The Balaban J connectivity index is 2.38. The molecule has 1 N–H and O–H groups in total. The lowest BCUT2D eigenvalue weighted by Crippen LogP contribution is -2.25. The summed E-state index contributed by atoms with van der Waals surface area (Å²) in [5, 5.41) is 0.826. The third-order valence-corrected chi connectivity index (χ3v) is 6.30. The van der Waals surface area contributed by atoms with Crippen molar-refractivity contribution in [3.63, 3.8) is 0 Å². The predicted molar refractivity (Wildman–Crippen MR) is 80.8 cm³/mol. The van der Waals surface area contributed by atoms with Crippen LogP contribution in [0.3, 0.4) is 0 Å². The fourth-order valence-electron chi connectivity index (χ4n) is 2.36. The van der Waals surface area contributed by atoms with Gasteiger partial charge in [-0.05, 0) is 12.8 Å². The Labute approximate surface area is 117 Å². The summed E-state index contributed by atoms with van der Waals surface area (Å²) in [6, 6.07) is 0. The smallest absolute Gasteiger partial charge is 0.254 e. The number of nitrogens with one attached hydrogen (secondary N) is 1. The van der Waals surface area contributed by atoms with Crippen molar-refractivity contribution in [1.29, 1.82) is 0 Å². The molecule has 0 amide bonds. The Kier molecular flexibility index (Phi) is 4.43. The van der Waals surface area contributed by atoms with Crippen LogP contribution >= 0.6 is 23.5 Å². The van der Waals surface area contributed by atoms with Gasteiger partial charge in [0.2, 0.25) is 0 Å². The highest BCUT2D eigenvalue weighted by Crippen LogP contribution is 2.40. The van der Waals surface area contributed by atoms with Gasteiger partial charge in [-0.15, -0.1) is 11.8 Å². The van der Waals surface area contributed by atoms with Crippen LogP contribution in [0.5, 0.6) is 0 Å². The van der Waals surface area contributed by atoms with Gasteiger partial charge in [-0.1, -0.05) is 20.8 Å². The zero-order valence-electron chi connectivity index (χ0n) is 11.3. The second-order valence-corrected chi connectivity index (χ2v) is 7.71. The summed E-state index contributed by atoms with van der Waals surface area (Å²) in [6.45, 7) is 8.23. The van der Waals surface area contributed by atoms with E-state index < -0.39 is 0 Å². The summed E-state index contributed by atoms with van der Waals surface area (Å²) >= 11 is 3.86. The largest absolute Gasteiger partial charge is 0.309 e. The number of hydrogen-bond donors (Lipinski definition) is 1. The van der Waals surface area contributed by atoms with E-state index >= 15 is 0 Å². The average Bonchev–Trinajstić information content (AvgIpc) is 2.27. The van der Waals surface area contributed by atoms with Gasteiger partial charge < -0.3 is 4.98 Å². The lowest BCUT2D eigenvalue weighted by molar-refractivity contribution is 0.758. The van der Waals surface area contributed by atoms with E-state index in [0.717, 1.165) is 22.8 Å². The molecule has 0 spiro atoms. The van der Waals surface area contributed by atoms with Crippen molar-refractivity contribution >= 4 is 23.5 Å². The molecule has 2 heterocycles. The van der Waals surface area contributed by atoms with Gasteiger partial charge in [0, 0.05) is 28.0 Å². The van der Waals surface area contributed by atoms with Gasteiger partial charge in [-0.3, -0.25) is 4.79 Å². The Bertz CT molecular complexity index is 484. The van der Waals surface area contributed by atoms with Crippen molar-refractivity contribution in [2.24, 2.45) is 0 Å². The van der Waals surface area contributed by atoms with Gasteiger partial charge in [0.25, 0.3) is 5.56 Å². The van der Waals surface area contributed by atoms with Crippen LogP contribution < -0.4 is 5.56 Å². The minimum Gasteiger partial charge on any atom is -0.309 e. The monoisotopic (exact) mass is 284 g/mol. The third-order valence-electron chi connectivity index (χ3n) is 3.20. The Hall–Kier alpha value is -0.420. The van der Waals surface area contributed by atoms with Crippen LogP contribution in [0, 0.1) is 6.92 Å². The molecule has 1 aromatic heterocycles. The van der Waals surface area contributed by atoms with E-state index in [9.17, 15) is 4.79 Å². The van der Waals surface area contributed by atoms with Crippen LogP contribution in [0.4, 0.5) is 0 Å². The molecule has 0 bridgehead atoms. The first-order valence-corrected chi connectivity index (χ1v) is 8.44. The van der Waals surface area contributed by atoms with Crippen LogP contribution in [-0.2, 0) is 0 Å². The number of aromatic nitrogens is 2. The minimum atomic E-state index is 0.0378. The lowest BCUT2D eigenvalue weighted by atomic mass is 10.0. The predicted octanol–water partition coefficient (Wildman–Crippen LogP) is 3.11. The summed E-state index contributed by atoms with van der Waals surface area (Å²) in [7, 11) is 0. The van der Waals surface area contributed by atoms with Crippen molar-refractivity contribution in [2.45, 2.75) is 44.1 Å². The fourth-order valence-corrected chi connectivity index (χ4v) is 5.08. The maximum Gasteiger partial charge on any atom is 0.254 e. The molecule has 18 heavy (non-hydrogen) atoms. The third kappa shape index (κ3) is 2.77. The fraction of sp³-hybridized carbons (Fsp3) is 0.692. The van der Waals surface area contributed by atoms with Crippen molar-refractivity contribution in [1.82, 2.24) is 9.97 Å². The first-order valence-electron chi connectivity index (χ1n) is 6.34. The number of thioether (sulfide) groups is 2. The average molecular weight is 284 g/mol. The Morgan fingerprint density at radius 3 is 2.56 bits per heavy atom. The molecule has 0 aromatic carbocycles. The first-order chi connectivity index (χ1) is 8.50. The number of aromatic amines is 1. The zero-order valence-corrected chi connectivity index (χ0v) is 13.0. The highest BCUT2D eigenvalue weighted by molar-refractivity contribution is 8.06. The number of aryl methyl sites for hydroxylation is 1. The SMILES string of the molecule is Cc1nc(C2SCCSC2C)[nH]c(=O)c1C(C)C. The van der Waals surface area contributed by atoms with E-state index in [2.05, 4.69) is 16.9 Å². The molecule has 1 aliphatic rings. The van der Waals surface area contributed by atoms with Crippen molar-refractivity contribution < 1.29 is 0 Å². The molecule has 0 saturated carbocycles. The van der Waals surface area contributed by atoms with E-state index in [1.807, 2.05) is 44.3 Å². The highest BCUT2D eigenvalue weighted by Gasteiger charge is 2.27. The van der Waals surface area contributed by atoms with Crippen LogP contribution in [0.2, 0.25) is 0 Å². The van der Waals surface area contributed by atoms with Crippen LogP contribution in [0.1, 0.15) is 49.0 Å².